The zero-order valence-corrected chi connectivity index (χ0v) is 19.4. The molecule has 0 saturated heterocycles. The number of benzene rings is 2. The summed E-state index contributed by atoms with van der Waals surface area (Å²) < 4.78 is 39.6. The van der Waals surface area contributed by atoms with E-state index in [9.17, 15) is 13.2 Å². The molecule has 7 nitrogen and oxygen atoms in total. The number of H-pyrrole nitrogens is 1. The van der Waals surface area contributed by atoms with Gasteiger partial charge in [0.1, 0.15) is 0 Å². The van der Waals surface area contributed by atoms with E-state index in [-0.39, 0.29) is 17.2 Å². The van der Waals surface area contributed by atoms with Crippen LogP contribution in [0, 0.1) is 0 Å². The third kappa shape index (κ3) is 4.12. The van der Waals surface area contributed by atoms with Gasteiger partial charge in [-0.05, 0) is 61.1 Å². The Balaban J connectivity index is 1.58. The largest absolute Gasteiger partial charge is 0.493 e. The van der Waals surface area contributed by atoms with E-state index in [1.807, 2.05) is 25.1 Å². The number of aryl methyl sites for hydroxylation is 2. The number of methoxy groups -OCH3 is 2. The summed E-state index contributed by atoms with van der Waals surface area (Å²) in [7, 11) is -0.577. The molecule has 0 amide bonds. The summed E-state index contributed by atoms with van der Waals surface area (Å²) in [5.74, 6) is 1.37. The molecule has 32 heavy (non-hydrogen) atoms. The molecule has 0 saturated carbocycles. The number of rotatable bonds is 8. The summed E-state index contributed by atoms with van der Waals surface area (Å²) in [5, 5.41) is 0.825. The Morgan fingerprint density at radius 3 is 2.56 bits per heavy atom. The van der Waals surface area contributed by atoms with Crippen LogP contribution >= 0.6 is 0 Å². The van der Waals surface area contributed by atoms with Crippen molar-refractivity contribution in [1.29, 1.82) is 0 Å². The quantitative estimate of drug-likeness (QED) is 0.538. The maximum atomic E-state index is 13.1. The number of carbonyl (C=O) groups excluding carboxylic acids is 1. The van der Waals surface area contributed by atoms with Crippen LogP contribution in [0.3, 0.4) is 0 Å². The van der Waals surface area contributed by atoms with E-state index in [1.165, 1.54) is 0 Å². The molecule has 2 aromatic carbocycles. The van der Waals surface area contributed by atoms with Gasteiger partial charge in [0.25, 0.3) is 0 Å². The lowest BCUT2D eigenvalue weighted by Crippen LogP contribution is -2.27. The lowest BCUT2D eigenvalue weighted by molar-refractivity contribution is 0.0974. The van der Waals surface area contributed by atoms with Crippen LogP contribution < -0.4 is 14.2 Å². The van der Waals surface area contributed by atoms with Crippen molar-refractivity contribution in [2.75, 3.05) is 20.8 Å². The second-order valence-corrected chi connectivity index (χ2v) is 9.69. The van der Waals surface area contributed by atoms with Gasteiger partial charge in [-0.3, -0.25) is 4.79 Å². The Morgan fingerprint density at radius 1 is 1.06 bits per heavy atom. The van der Waals surface area contributed by atoms with Crippen LogP contribution in [0.5, 0.6) is 11.5 Å². The second-order valence-electron chi connectivity index (χ2n) is 7.95. The van der Waals surface area contributed by atoms with Crippen LogP contribution in [0.25, 0.3) is 10.9 Å². The average molecular weight is 457 g/mol. The number of Topliss-reactive ketones (excluding diaryl/α,β-unsaturated/α-hetero) is 1. The van der Waals surface area contributed by atoms with Crippen molar-refractivity contribution in [3.8, 4) is 11.5 Å². The molecule has 0 radical (unpaired) electrons. The van der Waals surface area contributed by atoms with Crippen molar-refractivity contribution < 1.29 is 22.7 Å². The molecule has 1 aromatic heterocycles. The molecule has 4 rings (SSSR count). The summed E-state index contributed by atoms with van der Waals surface area (Å²) in [4.78, 5) is 16.0. The number of aromatic nitrogens is 1. The first-order valence-electron chi connectivity index (χ1n) is 10.8. The molecule has 1 aliphatic carbocycles. The van der Waals surface area contributed by atoms with E-state index in [0.29, 0.717) is 41.8 Å². The minimum atomic E-state index is -3.72. The van der Waals surface area contributed by atoms with Gasteiger partial charge in [0, 0.05) is 35.1 Å². The predicted molar refractivity (Wildman–Crippen MR) is 123 cm³/mol. The average Bonchev–Trinajstić information content (AvgIpc) is 3.16. The third-order valence-electron chi connectivity index (χ3n) is 5.99. The van der Waals surface area contributed by atoms with Crippen molar-refractivity contribution in [2.45, 2.75) is 43.9 Å². The molecular formula is C24H28N2O5S. The van der Waals surface area contributed by atoms with Gasteiger partial charge in [-0.2, -0.15) is 0 Å². The minimum absolute atomic E-state index is 0.128. The second kappa shape index (κ2) is 8.96. The molecule has 0 fully saturated rings. The van der Waals surface area contributed by atoms with E-state index in [0.717, 1.165) is 35.0 Å². The highest BCUT2D eigenvalue weighted by Crippen LogP contribution is 2.33. The van der Waals surface area contributed by atoms with Crippen LogP contribution in [0.1, 0.15) is 46.9 Å². The number of carbonyl (C=O) groups is 1. The zero-order valence-electron chi connectivity index (χ0n) is 18.6. The van der Waals surface area contributed by atoms with E-state index in [1.54, 1.807) is 26.4 Å². The molecule has 1 heterocycles. The van der Waals surface area contributed by atoms with Gasteiger partial charge in [-0.1, -0.05) is 13.0 Å². The highest BCUT2D eigenvalue weighted by Gasteiger charge is 2.25. The van der Waals surface area contributed by atoms with Crippen LogP contribution in [-0.4, -0.2) is 39.9 Å². The van der Waals surface area contributed by atoms with E-state index < -0.39 is 10.0 Å². The first-order valence-corrected chi connectivity index (χ1v) is 12.3. The van der Waals surface area contributed by atoms with Crippen molar-refractivity contribution >= 4 is 26.7 Å². The Bertz CT molecular complexity index is 1280. The molecule has 170 valence electrons. The number of nitrogens with one attached hydrogen (secondary N) is 2. The number of sulfonamides is 1. The maximum absolute atomic E-state index is 13.1. The van der Waals surface area contributed by atoms with Gasteiger partial charge in [-0.15, -0.1) is 0 Å². The van der Waals surface area contributed by atoms with E-state index in [2.05, 4.69) is 9.71 Å². The molecular weight excluding hydrogens is 428 g/mol. The molecule has 2 N–H and O–H groups in total. The number of hydrogen-bond acceptors (Lipinski definition) is 5. The molecule has 0 aliphatic heterocycles. The van der Waals surface area contributed by atoms with Gasteiger partial charge in [0.15, 0.2) is 17.3 Å². The van der Waals surface area contributed by atoms with Gasteiger partial charge in [-0.25, -0.2) is 13.1 Å². The monoisotopic (exact) mass is 456 g/mol. The van der Waals surface area contributed by atoms with Gasteiger partial charge >= 0.3 is 0 Å². The van der Waals surface area contributed by atoms with Crippen molar-refractivity contribution in [3.05, 3.63) is 52.7 Å². The summed E-state index contributed by atoms with van der Waals surface area (Å²) in [6.07, 6.45) is 3.23. The first kappa shape index (κ1) is 22.4. The van der Waals surface area contributed by atoms with Crippen LogP contribution in [-0.2, 0) is 29.3 Å². The fourth-order valence-electron chi connectivity index (χ4n) is 4.35. The molecule has 1 aliphatic rings. The third-order valence-corrected chi connectivity index (χ3v) is 7.53. The lowest BCUT2D eigenvalue weighted by Gasteiger charge is -2.13. The van der Waals surface area contributed by atoms with Crippen LogP contribution in [0.15, 0.2) is 35.2 Å². The van der Waals surface area contributed by atoms with Crippen molar-refractivity contribution in [2.24, 2.45) is 0 Å². The predicted octanol–water partition coefficient (Wildman–Crippen LogP) is 3.79. The summed E-state index contributed by atoms with van der Waals surface area (Å²) in [6, 6.07) is 9.06. The number of aromatic amines is 1. The van der Waals surface area contributed by atoms with Crippen LogP contribution in [0.2, 0.25) is 0 Å². The maximum Gasteiger partial charge on any atom is 0.240 e. The number of ketones is 1. The normalized spacial score (nSPS) is 13.9. The minimum Gasteiger partial charge on any atom is -0.493 e. The SMILES string of the molecule is CCc1cc2c3c([nH]c2cc1S(=O)(=O)NCCc1ccc(OC)c(OC)c1)CCCC3=O. The molecule has 0 spiro atoms. The topological polar surface area (TPSA) is 97.5 Å². The Morgan fingerprint density at radius 2 is 1.84 bits per heavy atom. The number of fused-ring (bicyclic) bond motifs is 3. The number of hydrogen-bond donors (Lipinski definition) is 2. The van der Waals surface area contributed by atoms with E-state index >= 15 is 0 Å². The molecule has 0 bridgehead atoms. The number of ether oxygens (including phenoxy) is 2. The van der Waals surface area contributed by atoms with Gasteiger partial charge in [0.05, 0.1) is 19.1 Å². The zero-order chi connectivity index (χ0) is 22.9. The van der Waals surface area contributed by atoms with E-state index in [4.69, 9.17) is 9.47 Å². The fraction of sp³-hybridized carbons (Fsp3) is 0.375. The lowest BCUT2D eigenvalue weighted by atomic mass is 9.94. The van der Waals surface area contributed by atoms with Crippen molar-refractivity contribution in [3.63, 3.8) is 0 Å². The molecule has 0 atom stereocenters. The highest BCUT2D eigenvalue weighted by atomic mass is 32.2. The molecule has 8 heteroatoms. The van der Waals surface area contributed by atoms with Crippen LogP contribution in [0.4, 0.5) is 0 Å². The standard InChI is InChI=1S/C24H28N2O5S/c1-4-16-13-17-19(26-18-6-5-7-20(27)24(17)18)14-23(16)32(28,29)25-11-10-15-8-9-21(30-2)22(12-15)31-3/h8-9,12-14,25-26H,4-7,10-11H2,1-3H3. The summed E-state index contributed by atoms with van der Waals surface area (Å²) in [6.45, 7) is 2.17. The molecule has 3 aromatic rings. The Hall–Kier alpha value is -2.84. The highest BCUT2D eigenvalue weighted by molar-refractivity contribution is 7.89. The fourth-order valence-corrected chi connectivity index (χ4v) is 5.70. The Kier molecular flexibility index (Phi) is 6.26. The molecule has 0 unspecified atom stereocenters. The first-order chi connectivity index (χ1) is 15.4. The van der Waals surface area contributed by atoms with Crippen molar-refractivity contribution in [1.82, 2.24) is 9.71 Å². The van der Waals surface area contributed by atoms with Gasteiger partial charge in [0.2, 0.25) is 10.0 Å². The Labute approximate surface area is 188 Å². The van der Waals surface area contributed by atoms with Gasteiger partial charge < -0.3 is 14.5 Å². The summed E-state index contributed by atoms with van der Waals surface area (Å²) >= 11 is 0. The summed E-state index contributed by atoms with van der Waals surface area (Å²) in [5.41, 5.74) is 3.98. The smallest absolute Gasteiger partial charge is 0.240 e.